The third-order valence-corrected chi connectivity index (χ3v) is 7.52. The molecule has 0 saturated heterocycles. The summed E-state index contributed by atoms with van der Waals surface area (Å²) < 4.78 is 17.5. The molecule has 38 heavy (non-hydrogen) atoms. The van der Waals surface area contributed by atoms with E-state index >= 15 is 0 Å². The summed E-state index contributed by atoms with van der Waals surface area (Å²) in [5, 5.41) is 5.72. The summed E-state index contributed by atoms with van der Waals surface area (Å²) in [6.07, 6.45) is 2.08. The number of esters is 1. The van der Waals surface area contributed by atoms with Gasteiger partial charge in [0.05, 0.1) is 33.3 Å². The Hall–Kier alpha value is -2.70. The number of hydrogen-bond acceptors (Lipinski definition) is 5. The highest BCUT2D eigenvalue weighted by molar-refractivity contribution is 14.1. The van der Waals surface area contributed by atoms with Crippen LogP contribution in [0.3, 0.4) is 0 Å². The van der Waals surface area contributed by atoms with E-state index in [4.69, 9.17) is 48.8 Å². The summed E-state index contributed by atoms with van der Waals surface area (Å²) in [5.41, 5.74) is 3.78. The van der Waals surface area contributed by atoms with E-state index in [0.29, 0.717) is 54.7 Å². The minimum atomic E-state index is -0.413. The molecule has 1 aliphatic rings. The molecule has 3 aromatic carbocycles. The van der Waals surface area contributed by atoms with E-state index in [2.05, 4.69) is 39.6 Å². The molecule has 1 fully saturated rings. The zero-order valence-electron chi connectivity index (χ0n) is 20.0. The van der Waals surface area contributed by atoms with Crippen LogP contribution in [-0.2, 0) is 11.3 Å². The molecule has 0 unspecified atom stereocenters. The van der Waals surface area contributed by atoms with E-state index in [1.165, 1.54) is 7.11 Å². The number of benzene rings is 3. The molecule has 1 aliphatic carbocycles. The van der Waals surface area contributed by atoms with E-state index in [9.17, 15) is 4.79 Å². The van der Waals surface area contributed by atoms with E-state index in [1.54, 1.807) is 48.5 Å². The van der Waals surface area contributed by atoms with Gasteiger partial charge in [-0.15, -0.1) is 0 Å². The minimum Gasteiger partial charge on any atom is -0.489 e. The lowest BCUT2D eigenvalue weighted by molar-refractivity contribution is 0.0600. The molecule has 1 saturated carbocycles. The first-order chi connectivity index (χ1) is 18.3. The fraction of sp³-hybridized carbons (Fsp3) is 0.172. The van der Waals surface area contributed by atoms with Crippen LogP contribution in [0.5, 0.6) is 5.75 Å². The molecular formula is C29H19Cl3INO4. The van der Waals surface area contributed by atoms with Crippen molar-refractivity contribution in [3.63, 3.8) is 0 Å². The van der Waals surface area contributed by atoms with Crippen molar-refractivity contribution >= 4 is 63.4 Å². The van der Waals surface area contributed by atoms with Crippen molar-refractivity contribution < 1.29 is 18.8 Å². The number of carbonyl (C=O) groups excluding carboxylic acids is 1. The fourth-order valence-corrected chi connectivity index (χ4v) is 5.39. The molecule has 0 radical (unpaired) electrons. The number of aromatic nitrogens is 1. The second-order valence-electron chi connectivity index (χ2n) is 8.65. The summed E-state index contributed by atoms with van der Waals surface area (Å²) in [6, 6.07) is 15.9. The van der Waals surface area contributed by atoms with Crippen LogP contribution in [-0.4, -0.2) is 18.2 Å². The van der Waals surface area contributed by atoms with Crippen LogP contribution < -0.4 is 4.74 Å². The number of nitrogens with zero attached hydrogens (tertiary/aromatic N) is 1. The molecule has 0 amide bonds. The molecule has 0 atom stereocenters. The number of rotatable bonds is 6. The Bertz CT molecular complexity index is 1580. The first kappa shape index (κ1) is 26.9. The van der Waals surface area contributed by atoms with Crippen molar-refractivity contribution in [1.82, 2.24) is 5.16 Å². The molecule has 0 bridgehead atoms. The first-order valence-corrected chi connectivity index (χ1v) is 13.8. The van der Waals surface area contributed by atoms with Crippen molar-refractivity contribution in [2.24, 2.45) is 0 Å². The Morgan fingerprint density at radius 1 is 1.05 bits per heavy atom. The Morgan fingerprint density at radius 2 is 1.82 bits per heavy atom. The van der Waals surface area contributed by atoms with Crippen LogP contribution in [0, 0.1) is 15.4 Å². The van der Waals surface area contributed by atoms with Gasteiger partial charge in [-0.05, 0) is 77.9 Å². The molecule has 9 heteroatoms. The van der Waals surface area contributed by atoms with Crippen LogP contribution in [0.15, 0.2) is 59.1 Å². The second kappa shape index (κ2) is 11.6. The van der Waals surface area contributed by atoms with Gasteiger partial charge in [0.25, 0.3) is 0 Å². The standard InChI is InChI=1S/C29H19Cl3INO4/c1-36-29(35)19-11-16(12-20(33)13-19)5-6-17-9-10-21(14-25(17)32)37-15-22-27(34-38-28(22)18-7-8-18)26-23(30)3-2-4-24(26)31/h2-4,9-14,18H,7-8,15H2,1H3. The fourth-order valence-electron chi connectivity index (χ4n) is 3.93. The third kappa shape index (κ3) is 5.97. The quantitative estimate of drug-likeness (QED) is 0.116. The van der Waals surface area contributed by atoms with E-state index in [1.807, 2.05) is 6.07 Å². The summed E-state index contributed by atoms with van der Waals surface area (Å²) in [5.74, 6) is 7.41. The van der Waals surface area contributed by atoms with Gasteiger partial charge in [-0.25, -0.2) is 4.79 Å². The van der Waals surface area contributed by atoms with Gasteiger partial charge in [-0.3, -0.25) is 0 Å². The molecule has 192 valence electrons. The second-order valence-corrected chi connectivity index (χ2v) is 11.1. The van der Waals surface area contributed by atoms with Crippen LogP contribution >= 0.6 is 57.4 Å². The van der Waals surface area contributed by atoms with Crippen molar-refractivity contribution in [1.29, 1.82) is 0 Å². The molecule has 5 rings (SSSR count). The zero-order valence-corrected chi connectivity index (χ0v) is 24.4. The number of ether oxygens (including phenoxy) is 2. The monoisotopic (exact) mass is 677 g/mol. The van der Waals surface area contributed by atoms with Gasteiger partial charge in [0.2, 0.25) is 0 Å². The average molecular weight is 679 g/mol. The predicted octanol–water partition coefficient (Wildman–Crippen LogP) is 8.55. The molecule has 0 spiro atoms. The molecule has 0 N–H and O–H groups in total. The van der Waals surface area contributed by atoms with Crippen LogP contribution in [0.25, 0.3) is 11.3 Å². The van der Waals surface area contributed by atoms with Crippen molar-refractivity contribution in [3.8, 4) is 28.8 Å². The summed E-state index contributed by atoms with van der Waals surface area (Å²) in [6.45, 7) is 0.215. The molecule has 1 aromatic heterocycles. The van der Waals surface area contributed by atoms with Gasteiger partial charge >= 0.3 is 5.97 Å². The first-order valence-electron chi connectivity index (χ1n) is 11.6. The van der Waals surface area contributed by atoms with Gasteiger partial charge in [0.1, 0.15) is 23.8 Å². The zero-order chi connectivity index (χ0) is 26.8. The molecule has 1 heterocycles. The van der Waals surface area contributed by atoms with Gasteiger partial charge in [-0.2, -0.15) is 0 Å². The van der Waals surface area contributed by atoms with Crippen LogP contribution in [0.2, 0.25) is 15.1 Å². The number of methoxy groups -OCH3 is 1. The predicted molar refractivity (Wildman–Crippen MR) is 156 cm³/mol. The van der Waals surface area contributed by atoms with E-state index in [-0.39, 0.29) is 6.61 Å². The Labute approximate surface area is 248 Å². The normalized spacial score (nSPS) is 12.6. The van der Waals surface area contributed by atoms with Crippen molar-refractivity contribution in [2.75, 3.05) is 7.11 Å². The van der Waals surface area contributed by atoms with Gasteiger partial charge in [0.15, 0.2) is 0 Å². The number of halogens is 4. The van der Waals surface area contributed by atoms with Crippen LogP contribution in [0.4, 0.5) is 0 Å². The Kier molecular flexibility index (Phi) is 8.20. The summed E-state index contributed by atoms with van der Waals surface area (Å²) >= 11 is 21.6. The van der Waals surface area contributed by atoms with E-state index in [0.717, 1.165) is 27.7 Å². The molecule has 5 nitrogen and oxygen atoms in total. The maximum absolute atomic E-state index is 11.9. The lowest BCUT2D eigenvalue weighted by atomic mass is 10.0. The van der Waals surface area contributed by atoms with Crippen LogP contribution in [0.1, 0.15) is 51.6 Å². The Balaban J connectivity index is 1.37. The minimum absolute atomic E-state index is 0.215. The molecule has 0 aliphatic heterocycles. The highest BCUT2D eigenvalue weighted by atomic mass is 127. The van der Waals surface area contributed by atoms with Crippen molar-refractivity contribution in [2.45, 2.75) is 25.4 Å². The van der Waals surface area contributed by atoms with Gasteiger partial charge < -0.3 is 14.0 Å². The smallest absolute Gasteiger partial charge is 0.337 e. The highest BCUT2D eigenvalue weighted by Gasteiger charge is 2.33. The lowest BCUT2D eigenvalue weighted by Gasteiger charge is -2.10. The third-order valence-electron chi connectivity index (χ3n) is 5.95. The maximum Gasteiger partial charge on any atom is 0.337 e. The molecule has 4 aromatic rings. The summed E-state index contributed by atoms with van der Waals surface area (Å²) in [7, 11) is 1.35. The highest BCUT2D eigenvalue weighted by Crippen LogP contribution is 2.46. The Morgan fingerprint density at radius 3 is 2.50 bits per heavy atom. The number of carbonyl (C=O) groups is 1. The average Bonchev–Trinajstić information content (AvgIpc) is 3.66. The SMILES string of the molecule is COC(=O)c1cc(I)cc(C#Cc2ccc(OCc3c(-c4c(Cl)cccc4Cl)noc3C3CC3)cc2Cl)c1. The topological polar surface area (TPSA) is 61.6 Å². The lowest BCUT2D eigenvalue weighted by Crippen LogP contribution is -2.02. The molecular weight excluding hydrogens is 660 g/mol. The summed E-state index contributed by atoms with van der Waals surface area (Å²) in [4.78, 5) is 11.9. The van der Waals surface area contributed by atoms with Gasteiger partial charge in [-0.1, -0.05) is 57.9 Å². The van der Waals surface area contributed by atoms with Crippen molar-refractivity contribution in [3.05, 3.63) is 101 Å². The maximum atomic E-state index is 11.9. The van der Waals surface area contributed by atoms with Gasteiger partial charge in [0, 0.05) is 32.2 Å². The van der Waals surface area contributed by atoms with E-state index < -0.39 is 5.97 Å². The number of hydrogen-bond donors (Lipinski definition) is 0. The largest absolute Gasteiger partial charge is 0.489 e.